The molecule has 0 spiro atoms. The second kappa shape index (κ2) is 6.53. The van der Waals surface area contributed by atoms with Crippen molar-refractivity contribution >= 4 is 16.7 Å². The summed E-state index contributed by atoms with van der Waals surface area (Å²) in [6, 6.07) is 14.2. The lowest BCUT2D eigenvalue weighted by Crippen LogP contribution is -2.29. The van der Waals surface area contributed by atoms with Gasteiger partial charge in [0.05, 0.1) is 18.6 Å². The molecule has 2 aromatic carbocycles. The van der Waals surface area contributed by atoms with Crippen LogP contribution < -0.4 is 0 Å². The fourth-order valence-electron chi connectivity index (χ4n) is 2.32. The molecule has 2 atom stereocenters. The van der Waals surface area contributed by atoms with Crippen molar-refractivity contribution in [2.75, 3.05) is 6.61 Å². The molecule has 0 amide bonds. The van der Waals surface area contributed by atoms with Gasteiger partial charge in [-0.25, -0.2) is 0 Å². The Balaban J connectivity index is 2.22. The zero-order valence-electron chi connectivity index (χ0n) is 11.9. The number of rotatable bonds is 5. The van der Waals surface area contributed by atoms with Gasteiger partial charge in [0.1, 0.15) is 0 Å². The summed E-state index contributed by atoms with van der Waals surface area (Å²) in [4.78, 5) is 11.9. The molecule has 0 fully saturated rings. The Kier molecular flexibility index (Phi) is 4.74. The molecule has 0 saturated heterocycles. The maximum absolute atomic E-state index is 11.9. The molecule has 3 nitrogen and oxygen atoms in total. The summed E-state index contributed by atoms with van der Waals surface area (Å²) in [5, 5.41) is 12.1. The number of fused-ring (bicyclic) bond motifs is 1. The summed E-state index contributed by atoms with van der Waals surface area (Å²) in [7, 11) is 0. The van der Waals surface area contributed by atoms with Gasteiger partial charge in [0.15, 0.2) is 0 Å². The van der Waals surface area contributed by atoms with E-state index in [2.05, 4.69) is 12.1 Å². The molecule has 0 saturated carbocycles. The third kappa shape index (κ3) is 3.36. The smallest absolute Gasteiger partial charge is 0.311 e. The van der Waals surface area contributed by atoms with Crippen LogP contribution in [0.2, 0.25) is 0 Å². The Morgan fingerprint density at radius 2 is 1.90 bits per heavy atom. The number of hydrogen-bond acceptors (Lipinski definition) is 3. The molecular weight excluding hydrogens is 252 g/mol. The van der Waals surface area contributed by atoms with E-state index in [4.69, 9.17) is 4.74 Å². The number of ether oxygens (including phenoxy) is 1. The van der Waals surface area contributed by atoms with Crippen molar-refractivity contribution in [3.05, 3.63) is 48.0 Å². The number of aliphatic hydroxyl groups excluding tert-OH is 1. The largest absolute Gasteiger partial charge is 0.466 e. The minimum absolute atomic E-state index is 0.333. The van der Waals surface area contributed by atoms with Gasteiger partial charge in [-0.1, -0.05) is 42.5 Å². The number of esters is 1. The molecule has 2 rings (SSSR count). The highest BCUT2D eigenvalue weighted by Gasteiger charge is 2.25. The van der Waals surface area contributed by atoms with Gasteiger partial charge in [0, 0.05) is 0 Å². The lowest BCUT2D eigenvalue weighted by Gasteiger charge is -2.18. The molecule has 106 valence electrons. The molecule has 0 heterocycles. The van der Waals surface area contributed by atoms with Crippen molar-refractivity contribution in [3.63, 3.8) is 0 Å². The van der Waals surface area contributed by atoms with E-state index in [-0.39, 0.29) is 5.97 Å². The van der Waals surface area contributed by atoms with E-state index < -0.39 is 12.0 Å². The fourth-order valence-corrected chi connectivity index (χ4v) is 2.32. The Morgan fingerprint density at radius 1 is 1.20 bits per heavy atom. The van der Waals surface area contributed by atoms with Crippen LogP contribution in [0.1, 0.15) is 19.4 Å². The predicted molar refractivity (Wildman–Crippen MR) is 79.5 cm³/mol. The van der Waals surface area contributed by atoms with Crippen molar-refractivity contribution in [2.24, 2.45) is 5.92 Å². The quantitative estimate of drug-likeness (QED) is 0.851. The van der Waals surface area contributed by atoms with Crippen LogP contribution in [0.3, 0.4) is 0 Å². The highest BCUT2D eigenvalue weighted by molar-refractivity contribution is 5.83. The summed E-state index contributed by atoms with van der Waals surface area (Å²) in [5.41, 5.74) is 1.03. The number of aliphatic hydroxyl groups is 1. The molecule has 0 aliphatic rings. The summed E-state index contributed by atoms with van der Waals surface area (Å²) >= 11 is 0. The molecular formula is C17H20O3. The van der Waals surface area contributed by atoms with Crippen LogP contribution in [-0.2, 0) is 16.0 Å². The second-order valence-corrected chi connectivity index (χ2v) is 4.98. The van der Waals surface area contributed by atoms with Crippen molar-refractivity contribution in [2.45, 2.75) is 26.4 Å². The minimum atomic E-state index is -0.722. The molecule has 0 aromatic heterocycles. The van der Waals surface area contributed by atoms with Gasteiger partial charge in [-0.05, 0) is 36.6 Å². The molecule has 2 aromatic rings. The fraction of sp³-hybridized carbons (Fsp3) is 0.353. The van der Waals surface area contributed by atoms with E-state index in [9.17, 15) is 9.90 Å². The van der Waals surface area contributed by atoms with Crippen LogP contribution in [0.25, 0.3) is 10.8 Å². The Morgan fingerprint density at radius 3 is 2.55 bits per heavy atom. The third-order valence-electron chi connectivity index (χ3n) is 3.44. The topological polar surface area (TPSA) is 46.5 Å². The molecule has 0 unspecified atom stereocenters. The van der Waals surface area contributed by atoms with Crippen LogP contribution >= 0.6 is 0 Å². The molecule has 0 bridgehead atoms. The maximum Gasteiger partial charge on any atom is 0.311 e. The lowest BCUT2D eigenvalue weighted by atomic mass is 9.93. The maximum atomic E-state index is 11.9. The van der Waals surface area contributed by atoms with Crippen molar-refractivity contribution < 1.29 is 14.6 Å². The monoisotopic (exact) mass is 272 g/mol. The lowest BCUT2D eigenvalue weighted by molar-refractivity contribution is -0.151. The highest BCUT2D eigenvalue weighted by Crippen LogP contribution is 2.20. The van der Waals surface area contributed by atoms with Crippen molar-refractivity contribution in [1.82, 2.24) is 0 Å². The average Bonchev–Trinajstić information content (AvgIpc) is 2.44. The van der Waals surface area contributed by atoms with E-state index in [1.807, 2.05) is 30.3 Å². The zero-order valence-corrected chi connectivity index (χ0v) is 11.9. The Labute approximate surface area is 119 Å². The molecule has 3 heteroatoms. The van der Waals surface area contributed by atoms with Crippen molar-refractivity contribution in [3.8, 4) is 0 Å². The average molecular weight is 272 g/mol. The first-order chi connectivity index (χ1) is 9.61. The molecule has 1 N–H and O–H groups in total. The summed E-state index contributed by atoms with van der Waals surface area (Å²) in [6.07, 6.45) is -0.234. The molecule has 0 aliphatic carbocycles. The van der Waals surface area contributed by atoms with Crippen LogP contribution in [-0.4, -0.2) is 23.8 Å². The molecule has 20 heavy (non-hydrogen) atoms. The first-order valence-corrected chi connectivity index (χ1v) is 6.94. The van der Waals surface area contributed by atoms with Crippen molar-refractivity contribution in [1.29, 1.82) is 0 Å². The Hall–Kier alpha value is -1.87. The van der Waals surface area contributed by atoms with Gasteiger partial charge in [-0.2, -0.15) is 0 Å². The standard InChI is InChI=1S/C17H20O3/c1-3-20-17(19)16(12(2)18)11-13-8-9-14-6-4-5-7-15(14)10-13/h4-10,12,16,18H,3,11H2,1-2H3/t12-,16-/m1/s1. The number of benzene rings is 2. The first-order valence-electron chi connectivity index (χ1n) is 6.94. The van der Waals surface area contributed by atoms with Crippen LogP contribution in [0.4, 0.5) is 0 Å². The van der Waals surface area contributed by atoms with Crippen LogP contribution in [0, 0.1) is 5.92 Å². The van der Waals surface area contributed by atoms with E-state index in [0.29, 0.717) is 13.0 Å². The zero-order chi connectivity index (χ0) is 14.5. The van der Waals surface area contributed by atoms with Gasteiger partial charge in [0.25, 0.3) is 0 Å². The summed E-state index contributed by atoms with van der Waals surface area (Å²) in [6.45, 7) is 3.73. The predicted octanol–water partition coefficient (Wildman–Crippen LogP) is 2.94. The van der Waals surface area contributed by atoms with Gasteiger partial charge < -0.3 is 9.84 Å². The van der Waals surface area contributed by atoms with Crippen LogP contribution in [0.5, 0.6) is 0 Å². The molecule has 0 radical (unpaired) electrons. The Bertz CT molecular complexity index is 590. The van der Waals surface area contributed by atoms with Gasteiger partial charge in [-0.3, -0.25) is 4.79 Å². The number of carbonyl (C=O) groups excluding carboxylic acids is 1. The highest BCUT2D eigenvalue weighted by atomic mass is 16.5. The van der Waals surface area contributed by atoms with Gasteiger partial charge >= 0.3 is 5.97 Å². The normalized spacial score (nSPS) is 13.9. The van der Waals surface area contributed by atoms with E-state index >= 15 is 0 Å². The number of hydrogen-bond donors (Lipinski definition) is 1. The van der Waals surface area contributed by atoms with E-state index in [1.54, 1.807) is 13.8 Å². The van der Waals surface area contributed by atoms with Gasteiger partial charge in [0.2, 0.25) is 0 Å². The van der Waals surface area contributed by atoms with Crippen LogP contribution in [0.15, 0.2) is 42.5 Å². The third-order valence-corrected chi connectivity index (χ3v) is 3.44. The first kappa shape index (κ1) is 14.5. The second-order valence-electron chi connectivity index (χ2n) is 4.98. The summed E-state index contributed by atoms with van der Waals surface area (Å²) in [5.74, 6) is -0.855. The van der Waals surface area contributed by atoms with E-state index in [0.717, 1.165) is 10.9 Å². The SMILES string of the molecule is CCOC(=O)[C@H](Cc1ccc2ccccc2c1)[C@@H](C)O. The van der Waals surface area contributed by atoms with E-state index in [1.165, 1.54) is 5.39 Å². The molecule has 0 aliphatic heterocycles. The minimum Gasteiger partial charge on any atom is -0.466 e. The van der Waals surface area contributed by atoms with Gasteiger partial charge in [-0.15, -0.1) is 0 Å². The summed E-state index contributed by atoms with van der Waals surface area (Å²) < 4.78 is 5.03. The number of carbonyl (C=O) groups is 1.